The summed E-state index contributed by atoms with van der Waals surface area (Å²) in [6.45, 7) is 0. The van der Waals surface area contributed by atoms with Crippen molar-refractivity contribution in [2.45, 2.75) is 9.79 Å². The molecule has 6 heteroatoms. The van der Waals surface area contributed by atoms with Crippen LogP contribution >= 0.6 is 11.8 Å². The Balaban J connectivity index is 2.25. The number of thioether (sulfide) groups is 1. The van der Waals surface area contributed by atoms with E-state index in [1.54, 1.807) is 36.0 Å². The highest BCUT2D eigenvalue weighted by atomic mass is 32.2. The maximum absolute atomic E-state index is 12.1. The van der Waals surface area contributed by atoms with Crippen LogP contribution in [0.2, 0.25) is 0 Å². The minimum Gasteiger partial charge on any atom is -0.399 e. The zero-order chi connectivity index (χ0) is 13.9. The van der Waals surface area contributed by atoms with E-state index in [-0.39, 0.29) is 4.90 Å². The molecule has 2 rings (SSSR count). The average molecular weight is 294 g/mol. The van der Waals surface area contributed by atoms with E-state index in [0.29, 0.717) is 11.4 Å². The van der Waals surface area contributed by atoms with Gasteiger partial charge in [-0.25, -0.2) is 8.42 Å². The summed E-state index contributed by atoms with van der Waals surface area (Å²) in [5.41, 5.74) is 6.54. The molecule has 0 radical (unpaired) electrons. The fourth-order valence-corrected chi connectivity index (χ4v) is 3.08. The van der Waals surface area contributed by atoms with Crippen molar-refractivity contribution in [3.63, 3.8) is 0 Å². The highest BCUT2D eigenvalue weighted by Gasteiger charge is 2.14. The lowest BCUT2D eigenvalue weighted by Gasteiger charge is -2.09. The van der Waals surface area contributed by atoms with Crippen LogP contribution in [0.15, 0.2) is 58.3 Å². The van der Waals surface area contributed by atoms with Crippen LogP contribution in [0, 0.1) is 0 Å². The Bertz CT molecular complexity index is 667. The predicted octanol–water partition coefficient (Wildman–Crippen LogP) is 2.79. The molecule has 2 aromatic rings. The van der Waals surface area contributed by atoms with Crippen molar-refractivity contribution in [2.24, 2.45) is 0 Å². The van der Waals surface area contributed by atoms with E-state index < -0.39 is 10.0 Å². The van der Waals surface area contributed by atoms with Crippen LogP contribution < -0.4 is 10.5 Å². The first-order valence-electron chi connectivity index (χ1n) is 5.54. The number of nitrogens with two attached hydrogens (primary N) is 1. The minimum atomic E-state index is -3.59. The number of rotatable bonds is 4. The number of nitrogens with one attached hydrogen (secondary N) is 1. The zero-order valence-corrected chi connectivity index (χ0v) is 12.0. The lowest BCUT2D eigenvalue weighted by Crippen LogP contribution is -2.13. The Labute approximate surface area is 117 Å². The van der Waals surface area contributed by atoms with Crippen LogP contribution in [0.3, 0.4) is 0 Å². The summed E-state index contributed by atoms with van der Waals surface area (Å²) in [4.78, 5) is 1.23. The second-order valence-corrected chi connectivity index (χ2v) is 6.47. The van der Waals surface area contributed by atoms with Gasteiger partial charge in [-0.2, -0.15) is 0 Å². The Morgan fingerprint density at radius 1 is 1.11 bits per heavy atom. The van der Waals surface area contributed by atoms with E-state index in [1.165, 1.54) is 12.1 Å². The van der Waals surface area contributed by atoms with Crippen molar-refractivity contribution >= 4 is 33.2 Å². The van der Waals surface area contributed by atoms with Gasteiger partial charge in [-0.15, -0.1) is 11.8 Å². The van der Waals surface area contributed by atoms with Gasteiger partial charge in [0.2, 0.25) is 0 Å². The van der Waals surface area contributed by atoms with Crippen LogP contribution in [0.4, 0.5) is 11.4 Å². The van der Waals surface area contributed by atoms with Crippen molar-refractivity contribution in [2.75, 3.05) is 16.7 Å². The Morgan fingerprint density at radius 3 is 2.37 bits per heavy atom. The van der Waals surface area contributed by atoms with Gasteiger partial charge in [0.25, 0.3) is 10.0 Å². The molecular formula is C13H14N2O2S2. The fourth-order valence-electron chi connectivity index (χ4n) is 1.55. The van der Waals surface area contributed by atoms with Crippen molar-refractivity contribution in [1.29, 1.82) is 0 Å². The molecule has 0 atom stereocenters. The number of benzene rings is 2. The number of nitrogen functional groups attached to an aromatic ring is 1. The molecule has 19 heavy (non-hydrogen) atoms. The van der Waals surface area contributed by atoms with E-state index in [2.05, 4.69) is 4.72 Å². The highest BCUT2D eigenvalue weighted by molar-refractivity contribution is 7.98. The maximum atomic E-state index is 12.1. The summed E-state index contributed by atoms with van der Waals surface area (Å²) in [7, 11) is -3.59. The van der Waals surface area contributed by atoms with Crippen LogP contribution in [0.5, 0.6) is 0 Å². The van der Waals surface area contributed by atoms with Gasteiger partial charge in [-0.05, 0) is 48.7 Å². The molecule has 0 saturated carbocycles. The molecule has 4 nitrogen and oxygen atoms in total. The largest absolute Gasteiger partial charge is 0.399 e. The van der Waals surface area contributed by atoms with Gasteiger partial charge in [-0.1, -0.05) is 6.07 Å². The molecule has 0 fully saturated rings. The first-order valence-corrected chi connectivity index (χ1v) is 8.24. The van der Waals surface area contributed by atoms with Gasteiger partial charge in [0.15, 0.2) is 0 Å². The van der Waals surface area contributed by atoms with Gasteiger partial charge in [0.05, 0.1) is 4.90 Å². The Morgan fingerprint density at radius 2 is 1.79 bits per heavy atom. The van der Waals surface area contributed by atoms with Crippen LogP contribution in [-0.4, -0.2) is 14.7 Å². The monoisotopic (exact) mass is 294 g/mol. The fraction of sp³-hybridized carbons (Fsp3) is 0.0769. The quantitative estimate of drug-likeness (QED) is 0.672. The maximum Gasteiger partial charge on any atom is 0.261 e. The molecule has 0 unspecified atom stereocenters. The number of anilines is 2. The first kappa shape index (κ1) is 13.8. The lowest BCUT2D eigenvalue weighted by molar-refractivity contribution is 0.601. The van der Waals surface area contributed by atoms with Crippen molar-refractivity contribution < 1.29 is 8.42 Å². The summed E-state index contributed by atoms with van der Waals surface area (Å²) >= 11 is 1.60. The van der Waals surface area contributed by atoms with Crippen molar-refractivity contribution in [3.05, 3.63) is 48.5 Å². The molecule has 3 N–H and O–H groups in total. The third-order valence-electron chi connectivity index (χ3n) is 2.51. The SMILES string of the molecule is CSc1ccc(NS(=O)(=O)c2cccc(N)c2)cc1. The molecule has 2 aromatic carbocycles. The van der Waals surface area contributed by atoms with Crippen LogP contribution in [-0.2, 0) is 10.0 Å². The van der Waals surface area contributed by atoms with Crippen molar-refractivity contribution in [3.8, 4) is 0 Å². The number of hydrogen-bond acceptors (Lipinski definition) is 4. The van der Waals surface area contributed by atoms with Gasteiger partial charge < -0.3 is 5.73 Å². The molecule has 0 bridgehead atoms. The third-order valence-corrected chi connectivity index (χ3v) is 4.63. The van der Waals surface area contributed by atoms with Crippen LogP contribution in [0.1, 0.15) is 0 Å². The van der Waals surface area contributed by atoms with Gasteiger partial charge in [0, 0.05) is 16.3 Å². The molecular weight excluding hydrogens is 280 g/mol. The summed E-state index contributed by atoms with van der Waals surface area (Å²) in [5, 5.41) is 0. The van der Waals surface area contributed by atoms with Gasteiger partial charge in [0.1, 0.15) is 0 Å². The molecule has 0 saturated heterocycles. The van der Waals surface area contributed by atoms with E-state index in [0.717, 1.165) is 4.90 Å². The molecule has 0 heterocycles. The van der Waals surface area contributed by atoms with Gasteiger partial charge in [-0.3, -0.25) is 4.72 Å². The van der Waals surface area contributed by atoms with E-state index in [9.17, 15) is 8.42 Å². The second-order valence-electron chi connectivity index (χ2n) is 3.91. The first-order chi connectivity index (χ1) is 9.01. The summed E-state index contributed by atoms with van der Waals surface area (Å²) in [5.74, 6) is 0. The van der Waals surface area contributed by atoms with E-state index in [1.807, 2.05) is 18.4 Å². The summed E-state index contributed by atoms with van der Waals surface area (Å²) in [6, 6.07) is 13.4. The molecule has 0 aliphatic rings. The third kappa shape index (κ3) is 3.42. The Hall–Kier alpha value is -1.66. The molecule has 100 valence electrons. The zero-order valence-electron chi connectivity index (χ0n) is 10.3. The standard InChI is InChI=1S/C13H14N2O2S2/c1-18-12-7-5-11(6-8-12)15-19(16,17)13-4-2-3-10(14)9-13/h2-9,15H,14H2,1H3. The Kier molecular flexibility index (Phi) is 4.01. The van der Waals surface area contributed by atoms with Crippen molar-refractivity contribution in [1.82, 2.24) is 0 Å². The molecule has 0 aromatic heterocycles. The normalized spacial score (nSPS) is 11.2. The highest BCUT2D eigenvalue weighted by Crippen LogP contribution is 2.21. The van der Waals surface area contributed by atoms with Gasteiger partial charge >= 0.3 is 0 Å². The smallest absolute Gasteiger partial charge is 0.261 e. The summed E-state index contributed by atoms with van der Waals surface area (Å²) < 4.78 is 26.8. The number of hydrogen-bond donors (Lipinski definition) is 2. The summed E-state index contributed by atoms with van der Waals surface area (Å²) in [6.07, 6.45) is 1.96. The van der Waals surface area contributed by atoms with Crippen LogP contribution in [0.25, 0.3) is 0 Å². The van der Waals surface area contributed by atoms with E-state index in [4.69, 9.17) is 5.73 Å². The predicted molar refractivity (Wildman–Crippen MR) is 79.9 cm³/mol. The minimum absolute atomic E-state index is 0.154. The topological polar surface area (TPSA) is 72.2 Å². The molecule has 0 spiro atoms. The molecule has 0 aliphatic carbocycles. The van der Waals surface area contributed by atoms with E-state index >= 15 is 0 Å². The average Bonchev–Trinajstić information content (AvgIpc) is 2.39. The molecule has 0 amide bonds. The molecule has 0 aliphatic heterocycles. The second kappa shape index (κ2) is 5.54. The number of sulfonamides is 1. The lowest BCUT2D eigenvalue weighted by atomic mass is 10.3.